The van der Waals surface area contributed by atoms with E-state index in [1.165, 1.54) is 4.90 Å². The summed E-state index contributed by atoms with van der Waals surface area (Å²) in [6, 6.07) is 23.0. The molecule has 4 N–H and O–H groups in total. The molecule has 1 atom stereocenters. The van der Waals surface area contributed by atoms with Gasteiger partial charge in [-0.1, -0.05) is 54.1 Å². The van der Waals surface area contributed by atoms with Crippen LogP contribution < -0.4 is 16.0 Å². The molecule has 33 heavy (non-hydrogen) atoms. The molecule has 0 bridgehead atoms. The summed E-state index contributed by atoms with van der Waals surface area (Å²) in [5.74, 6) is 0.0152. The third kappa shape index (κ3) is 4.93. The second-order valence-electron chi connectivity index (χ2n) is 7.80. The van der Waals surface area contributed by atoms with Crippen LogP contribution in [-0.4, -0.2) is 28.6 Å². The number of nitrogens with one attached hydrogen (secondary N) is 1. The van der Waals surface area contributed by atoms with Gasteiger partial charge in [0.1, 0.15) is 5.82 Å². The topological polar surface area (TPSA) is 109 Å². The van der Waals surface area contributed by atoms with Gasteiger partial charge in [0.2, 0.25) is 0 Å². The van der Waals surface area contributed by atoms with E-state index in [0.29, 0.717) is 22.5 Å². The Hall–Kier alpha value is -4.39. The molecule has 0 saturated carbocycles. The van der Waals surface area contributed by atoms with Crippen LogP contribution in [0.15, 0.2) is 85.1 Å². The minimum absolute atomic E-state index is 0.0470. The fourth-order valence-electron chi connectivity index (χ4n) is 3.69. The standard InChI is InChI=1S/C26H24N4O3/c1-17-7-11-21(12-8-17)30(26(32)33)16-23(19-5-3-2-4-6-19)29-25(31)20-10-9-18-13-14-28-24(27)22(18)15-20/h2-15,23H,16H2,1H3,(H2,27,28)(H,29,31)(H,32,33)/t23-/m0/s1. The van der Waals surface area contributed by atoms with Crippen molar-refractivity contribution in [3.05, 3.63) is 102 Å². The minimum Gasteiger partial charge on any atom is -0.465 e. The number of benzene rings is 3. The van der Waals surface area contributed by atoms with E-state index in [0.717, 1.165) is 16.5 Å². The van der Waals surface area contributed by atoms with Crippen LogP contribution >= 0.6 is 0 Å². The van der Waals surface area contributed by atoms with Crippen molar-refractivity contribution in [3.63, 3.8) is 0 Å². The summed E-state index contributed by atoms with van der Waals surface area (Å²) in [5, 5.41) is 14.5. The first kappa shape index (κ1) is 21.8. The molecular weight excluding hydrogens is 416 g/mol. The maximum atomic E-state index is 13.2. The molecule has 7 nitrogen and oxygen atoms in total. The van der Waals surface area contributed by atoms with E-state index in [4.69, 9.17) is 5.73 Å². The Morgan fingerprint density at radius 2 is 1.76 bits per heavy atom. The maximum Gasteiger partial charge on any atom is 0.411 e. The van der Waals surface area contributed by atoms with Crippen LogP contribution in [-0.2, 0) is 0 Å². The van der Waals surface area contributed by atoms with Crippen LogP contribution in [0.2, 0.25) is 0 Å². The predicted octanol–water partition coefficient (Wildman–Crippen LogP) is 4.78. The predicted molar refractivity (Wildman–Crippen MR) is 129 cm³/mol. The summed E-state index contributed by atoms with van der Waals surface area (Å²) >= 11 is 0. The quantitative estimate of drug-likeness (QED) is 0.400. The summed E-state index contributed by atoms with van der Waals surface area (Å²) < 4.78 is 0. The van der Waals surface area contributed by atoms with Crippen LogP contribution in [0.1, 0.15) is 27.5 Å². The van der Waals surface area contributed by atoms with Gasteiger partial charge >= 0.3 is 6.09 Å². The number of hydrogen-bond acceptors (Lipinski definition) is 4. The summed E-state index contributed by atoms with van der Waals surface area (Å²) in [5.41, 5.74) is 8.76. The Morgan fingerprint density at radius 3 is 2.45 bits per heavy atom. The lowest BCUT2D eigenvalue weighted by atomic mass is 10.0. The second kappa shape index (κ2) is 9.40. The van der Waals surface area contributed by atoms with Gasteiger partial charge in [-0.3, -0.25) is 9.69 Å². The fourth-order valence-corrected chi connectivity index (χ4v) is 3.69. The highest BCUT2D eigenvalue weighted by atomic mass is 16.4. The van der Waals surface area contributed by atoms with Gasteiger partial charge in [0.15, 0.2) is 0 Å². The molecule has 7 heteroatoms. The number of anilines is 2. The monoisotopic (exact) mass is 440 g/mol. The Balaban J connectivity index is 1.65. The maximum absolute atomic E-state index is 13.2. The van der Waals surface area contributed by atoms with E-state index in [1.807, 2.05) is 61.5 Å². The number of aromatic nitrogens is 1. The normalized spacial score (nSPS) is 11.7. The lowest BCUT2D eigenvalue weighted by Gasteiger charge is -2.27. The summed E-state index contributed by atoms with van der Waals surface area (Å²) in [6.07, 6.45) is 0.521. The molecule has 0 aliphatic heterocycles. The highest BCUT2D eigenvalue weighted by Gasteiger charge is 2.23. The van der Waals surface area contributed by atoms with Crippen LogP contribution in [0.5, 0.6) is 0 Å². The number of rotatable bonds is 6. The van der Waals surface area contributed by atoms with E-state index >= 15 is 0 Å². The summed E-state index contributed by atoms with van der Waals surface area (Å²) in [4.78, 5) is 30.6. The molecule has 166 valence electrons. The number of carbonyl (C=O) groups excluding carboxylic acids is 1. The van der Waals surface area contributed by atoms with Crippen molar-refractivity contribution < 1.29 is 14.7 Å². The van der Waals surface area contributed by atoms with Gasteiger partial charge < -0.3 is 16.2 Å². The van der Waals surface area contributed by atoms with Crippen molar-refractivity contribution >= 4 is 34.3 Å². The number of nitrogens with two attached hydrogens (primary N) is 1. The van der Waals surface area contributed by atoms with Gasteiger partial charge in [-0.05, 0) is 48.2 Å². The van der Waals surface area contributed by atoms with E-state index in [9.17, 15) is 14.7 Å². The van der Waals surface area contributed by atoms with Crippen molar-refractivity contribution in [1.82, 2.24) is 10.3 Å². The first-order valence-corrected chi connectivity index (χ1v) is 10.5. The smallest absolute Gasteiger partial charge is 0.411 e. The first-order valence-electron chi connectivity index (χ1n) is 10.5. The molecule has 0 spiro atoms. The molecule has 4 rings (SSSR count). The number of pyridine rings is 1. The number of hydrogen-bond donors (Lipinski definition) is 3. The number of aryl methyl sites for hydroxylation is 1. The lowest BCUT2D eigenvalue weighted by molar-refractivity contribution is 0.0937. The highest BCUT2D eigenvalue weighted by molar-refractivity contribution is 6.01. The molecule has 0 aliphatic rings. The highest BCUT2D eigenvalue weighted by Crippen LogP contribution is 2.23. The molecule has 0 fully saturated rings. The Kier molecular flexibility index (Phi) is 6.22. The average Bonchev–Trinajstić information content (AvgIpc) is 2.83. The van der Waals surface area contributed by atoms with Gasteiger partial charge in [0.25, 0.3) is 5.91 Å². The average molecular weight is 441 g/mol. The van der Waals surface area contributed by atoms with Gasteiger partial charge in [-0.25, -0.2) is 9.78 Å². The molecular formula is C26H24N4O3. The number of nitrogen functional groups attached to an aromatic ring is 1. The summed E-state index contributed by atoms with van der Waals surface area (Å²) in [7, 11) is 0. The number of carboxylic acid groups (broad SMARTS) is 1. The molecule has 0 saturated heterocycles. The zero-order chi connectivity index (χ0) is 23.4. The van der Waals surface area contributed by atoms with Gasteiger partial charge in [0.05, 0.1) is 12.6 Å². The number of carbonyl (C=O) groups is 2. The van der Waals surface area contributed by atoms with Crippen LogP contribution in [0, 0.1) is 6.92 Å². The molecule has 0 radical (unpaired) electrons. The Morgan fingerprint density at radius 1 is 1.03 bits per heavy atom. The lowest BCUT2D eigenvalue weighted by Crippen LogP contribution is -2.40. The third-order valence-corrected chi connectivity index (χ3v) is 5.51. The van der Waals surface area contributed by atoms with Crippen molar-refractivity contribution in [1.29, 1.82) is 0 Å². The number of fused-ring (bicyclic) bond motifs is 1. The van der Waals surface area contributed by atoms with Crippen molar-refractivity contribution in [3.8, 4) is 0 Å². The van der Waals surface area contributed by atoms with Crippen molar-refractivity contribution in [2.75, 3.05) is 17.2 Å². The van der Waals surface area contributed by atoms with E-state index in [-0.39, 0.29) is 12.5 Å². The Labute approximate surface area is 191 Å². The molecule has 0 unspecified atom stereocenters. The van der Waals surface area contributed by atoms with Crippen LogP contribution in [0.25, 0.3) is 10.8 Å². The Bertz CT molecular complexity index is 1290. The molecule has 4 aromatic rings. The second-order valence-corrected chi connectivity index (χ2v) is 7.80. The van der Waals surface area contributed by atoms with E-state index < -0.39 is 12.1 Å². The van der Waals surface area contributed by atoms with Crippen LogP contribution in [0.4, 0.5) is 16.3 Å². The molecule has 0 aliphatic carbocycles. The third-order valence-electron chi connectivity index (χ3n) is 5.51. The zero-order valence-electron chi connectivity index (χ0n) is 18.1. The van der Waals surface area contributed by atoms with E-state index in [2.05, 4.69) is 10.3 Å². The molecule has 2 amide bonds. The van der Waals surface area contributed by atoms with Gasteiger partial charge in [-0.15, -0.1) is 0 Å². The fraction of sp³-hybridized carbons (Fsp3) is 0.115. The molecule has 1 heterocycles. The SMILES string of the molecule is Cc1ccc(N(C[C@H](NC(=O)c2ccc3ccnc(N)c3c2)c2ccccc2)C(=O)O)cc1. The largest absolute Gasteiger partial charge is 0.465 e. The first-order chi connectivity index (χ1) is 15.9. The van der Waals surface area contributed by atoms with Gasteiger partial charge in [-0.2, -0.15) is 0 Å². The number of amides is 2. The molecule has 3 aromatic carbocycles. The van der Waals surface area contributed by atoms with Crippen molar-refractivity contribution in [2.45, 2.75) is 13.0 Å². The van der Waals surface area contributed by atoms with Crippen molar-refractivity contribution in [2.24, 2.45) is 0 Å². The number of nitrogens with zero attached hydrogens (tertiary/aromatic N) is 2. The summed E-state index contributed by atoms with van der Waals surface area (Å²) in [6.45, 7) is 1.99. The van der Waals surface area contributed by atoms with E-state index in [1.54, 1.807) is 30.5 Å². The minimum atomic E-state index is -1.10. The van der Waals surface area contributed by atoms with Crippen LogP contribution in [0.3, 0.4) is 0 Å². The van der Waals surface area contributed by atoms with Gasteiger partial charge in [0, 0.05) is 22.8 Å². The zero-order valence-corrected chi connectivity index (χ0v) is 18.1. The molecule has 1 aromatic heterocycles.